The Morgan fingerprint density at radius 2 is 1.69 bits per heavy atom. The van der Waals surface area contributed by atoms with Gasteiger partial charge in [0.2, 0.25) is 12.5 Å². The Morgan fingerprint density at radius 1 is 0.917 bits per heavy atom. The molecular weight excluding hydrogens is 537 g/mol. The van der Waals surface area contributed by atoms with Crippen molar-refractivity contribution in [2.24, 2.45) is 0 Å². The number of hydrogen-bond acceptors (Lipinski definition) is 3. The number of rotatable bonds is 4. The van der Waals surface area contributed by atoms with Crippen LogP contribution in [0.3, 0.4) is 0 Å². The quantitative estimate of drug-likeness (QED) is 0.346. The van der Waals surface area contributed by atoms with Crippen LogP contribution in [0.25, 0.3) is 33.1 Å². The van der Waals surface area contributed by atoms with E-state index in [1.807, 2.05) is 53.2 Å². The van der Waals surface area contributed by atoms with Crippen molar-refractivity contribution in [1.82, 2.24) is 4.98 Å². The molecule has 3 aromatic carbocycles. The number of H-pyrrole nitrogens is 1. The Kier molecular flexibility index (Phi) is 6.04. The standard InChI is InChI=1S/C27H19F3N2O3.BrH/c1-33-19-7-8-22-21(13-19)20-10-11-32(14-16-2-5-18(6-3-16)27(28,29)30)26(25(20)31-22)17-4-9-23-24(12-17)35-15-34-23;/h2-13H,14-15H2,1H3;1H. The van der Waals surface area contributed by atoms with Crippen LogP contribution in [0.2, 0.25) is 0 Å². The number of nitrogens with zero attached hydrogens (tertiary/aromatic N) is 1. The minimum absolute atomic E-state index is 0. The SMILES string of the molecule is COc1ccc2[nH]c3c(-c4ccc5c(c4)OCO5)[n+](Cc4ccc(C(F)(F)F)cc4)ccc3c2c1.[Br-]. The van der Waals surface area contributed by atoms with Crippen molar-refractivity contribution in [3.8, 4) is 28.5 Å². The fraction of sp³-hybridized carbons (Fsp3) is 0.148. The number of nitrogens with one attached hydrogen (secondary N) is 1. The lowest BCUT2D eigenvalue weighted by molar-refractivity contribution is -0.676. The van der Waals surface area contributed by atoms with E-state index in [0.29, 0.717) is 18.0 Å². The van der Waals surface area contributed by atoms with E-state index in [9.17, 15) is 13.2 Å². The zero-order chi connectivity index (χ0) is 24.2. The lowest BCUT2D eigenvalue weighted by atomic mass is 10.1. The first kappa shape index (κ1) is 24.0. The molecule has 0 amide bonds. The van der Waals surface area contributed by atoms with E-state index in [1.165, 1.54) is 12.1 Å². The van der Waals surface area contributed by atoms with Crippen LogP contribution >= 0.6 is 0 Å². The van der Waals surface area contributed by atoms with Gasteiger partial charge in [-0.1, -0.05) is 12.1 Å². The van der Waals surface area contributed by atoms with E-state index in [2.05, 4.69) is 4.98 Å². The summed E-state index contributed by atoms with van der Waals surface area (Å²) in [7, 11) is 1.63. The second kappa shape index (κ2) is 9.05. The maximum absolute atomic E-state index is 13.0. The average Bonchev–Trinajstić information content (AvgIpc) is 3.47. The van der Waals surface area contributed by atoms with E-state index >= 15 is 0 Å². The molecule has 3 heterocycles. The zero-order valence-electron chi connectivity index (χ0n) is 19.0. The summed E-state index contributed by atoms with van der Waals surface area (Å²) in [5.41, 5.74) is 3.72. The fourth-order valence-corrected chi connectivity index (χ4v) is 4.54. The third kappa shape index (κ3) is 4.13. The molecule has 0 spiro atoms. The first-order valence-corrected chi connectivity index (χ1v) is 11.0. The van der Waals surface area contributed by atoms with Crippen molar-refractivity contribution in [3.05, 3.63) is 84.1 Å². The lowest BCUT2D eigenvalue weighted by Gasteiger charge is -2.09. The number of benzene rings is 3. The maximum atomic E-state index is 13.0. The number of hydrogen-bond donors (Lipinski definition) is 1. The number of alkyl halides is 3. The summed E-state index contributed by atoms with van der Waals surface area (Å²) >= 11 is 0. The zero-order valence-corrected chi connectivity index (χ0v) is 20.6. The van der Waals surface area contributed by atoms with Crippen LogP contribution in [0.1, 0.15) is 11.1 Å². The second-order valence-electron chi connectivity index (χ2n) is 8.38. The van der Waals surface area contributed by atoms with Crippen molar-refractivity contribution in [2.75, 3.05) is 13.9 Å². The molecule has 5 aromatic rings. The van der Waals surface area contributed by atoms with Gasteiger partial charge in [0.25, 0.3) is 0 Å². The lowest BCUT2D eigenvalue weighted by Crippen LogP contribution is -3.00. The molecule has 6 rings (SSSR count). The number of methoxy groups -OCH3 is 1. The molecule has 0 bridgehead atoms. The Hall–Kier alpha value is -3.72. The highest BCUT2D eigenvalue weighted by molar-refractivity contribution is 6.10. The van der Waals surface area contributed by atoms with Crippen LogP contribution in [0.5, 0.6) is 17.2 Å². The van der Waals surface area contributed by atoms with Gasteiger partial charge in [0, 0.05) is 27.9 Å². The smallest absolute Gasteiger partial charge is 0.416 e. The van der Waals surface area contributed by atoms with E-state index in [1.54, 1.807) is 7.11 Å². The van der Waals surface area contributed by atoms with Gasteiger partial charge in [0.1, 0.15) is 11.3 Å². The molecule has 0 radical (unpaired) electrons. The monoisotopic (exact) mass is 556 g/mol. The van der Waals surface area contributed by atoms with Crippen molar-refractivity contribution in [3.63, 3.8) is 0 Å². The average molecular weight is 557 g/mol. The number of aromatic amines is 1. The normalized spacial score (nSPS) is 12.7. The number of halogens is 4. The second-order valence-corrected chi connectivity index (χ2v) is 8.38. The summed E-state index contributed by atoms with van der Waals surface area (Å²) in [5, 5.41) is 2.03. The van der Waals surface area contributed by atoms with Crippen molar-refractivity contribution < 1.29 is 48.9 Å². The highest BCUT2D eigenvalue weighted by Crippen LogP contribution is 2.38. The molecular formula is C27H20BrF3N2O3. The third-order valence-corrected chi connectivity index (χ3v) is 6.27. The van der Waals surface area contributed by atoms with Gasteiger partial charge in [0.15, 0.2) is 24.2 Å². The minimum Gasteiger partial charge on any atom is -1.00 e. The highest BCUT2D eigenvalue weighted by atomic mass is 79.9. The molecule has 0 unspecified atom stereocenters. The Balaban J connectivity index is 0.00000267. The minimum atomic E-state index is -4.37. The summed E-state index contributed by atoms with van der Waals surface area (Å²) in [6, 6.07) is 18.9. The van der Waals surface area contributed by atoms with Crippen LogP contribution in [-0.2, 0) is 12.7 Å². The summed E-state index contributed by atoms with van der Waals surface area (Å²) < 4.78 is 57.6. The first-order valence-electron chi connectivity index (χ1n) is 11.0. The number of pyridine rings is 1. The fourth-order valence-electron chi connectivity index (χ4n) is 4.54. The molecule has 0 saturated carbocycles. The van der Waals surface area contributed by atoms with Gasteiger partial charge < -0.3 is 36.2 Å². The summed E-state index contributed by atoms with van der Waals surface area (Å²) in [5.74, 6) is 2.08. The number of ether oxygens (including phenoxy) is 3. The van der Waals surface area contributed by atoms with Gasteiger partial charge in [-0.3, -0.25) is 0 Å². The van der Waals surface area contributed by atoms with E-state index in [0.717, 1.165) is 56.5 Å². The Bertz CT molecular complexity index is 1580. The topological polar surface area (TPSA) is 47.4 Å². The summed E-state index contributed by atoms with van der Waals surface area (Å²) in [4.78, 5) is 3.52. The van der Waals surface area contributed by atoms with Crippen LogP contribution in [-0.4, -0.2) is 18.9 Å². The Labute approximate surface area is 214 Å². The largest absolute Gasteiger partial charge is 1.00 e. The summed E-state index contributed by atoms with van der Waals surface area (Å²) in [6.07, 6.45) is -2.42. The predicted molar refractivity (Wildman–Crippen MR) is 125 cm³/mol. The van der Waals surface area contributed by atoms with Gasteiger partial charge in [-0.25, -0.2) is 0 Å². The van der Waals surface area contributed by atoms with E-state index < -0.39 is 11.7 Å². The van der Waals surface area contributed by atoms with Crippen LogP contribution in [0.15, 0.2) is 72.9 Å². The van der Waals surface area contributed by atoms with Crippen LogP contribution < -0.4 is 35.8 Å². The van der Waals surface area contributed by atoms with Gasteiger partial charge in [0.05, 0.1) is 18.2 Å². The number of aromatic nitrogens is 2. The summed E-state index contributed by atoms with van der Waals surface area (Å²) in [6.45, 7) is 0.553. The van der Waals surface area contributed by atoms with Gasteiger partial charge in [-0.15, -0.1) is 0 Å². The number of fused-ring (bicyclic) bond motifs is 4. The molecule has 1 N–H and O–H groups in total. The molecule has 0 fully saturated rings. The van der Waals surface area contributed by atoms with Crippen LogP contribution in [0, 0.1) is 0 Å². The van der Waals surface area contributed by atoms with Crippen molar-refractivity contribution >= 4 is 21.8 Å². The van der Waals surface area contributed by atoms with Gasteiger partial charge in [-0.2, -0.15) is 17.7 Å². The molecule has 1 aliphatic heterocycles. The van der Waals surface area contributed by atoms with E-state index in [4.69, 9.17) is 14.2 Å². The highest BCUT2D eigenvalue weighted by Gasteiger charge is 2.30. The predicted octanol–water partition coefficient (Wildman–Crippen LogP) is 3.08. The van der Waals surface area contributed by atoms with Crippen molar-refractivity contribution in [2.45, 2.75) is 12.7 Å². The van der Waals surface area contributed by atoms with Gasteiger partial charge >= 0.3 is 6.18 Å². The molecule has 0 aliphatic carbocycles. The molecule has 9 heteroatoms. The Morgan fingerprint density at radius 3 is 2.44 bits per heavy atom. The molecule has 1 aliphatic rings. The van der Waals surface area contributed by atoms with Gasteiger partial charge in [-0.05, 0) is 48.5 Å². The van der Waals surface area contributed by atoms with Crippen molar-refractivity contribution in [1.29, 1.82) is 0 Å². The molecule has 0 atom stereocenters. The molecule has 184 valence electrons. The third-order valence-electron chi connectivity index (χ3n) is 6.27. The molecule has 5 nitrogen and oxygen atoms in total. The van der Waals surface area contributed by atoms with E-state index in [-0.39, 0.29) is 23.8 Å². The maximum Gasteiger partial charge on any atom is 0.416 e. The molecule has 36 heavy (non-hydrogen) atoms. The molecule has 0 saturated heterocycles. The van der Waals surface area contributed by atoms with Crippen LogP contribution in [0.4, 0.5) is 13.2 Å². The molecule has 2 aromatic heterocycles. The first-order chi connectivity index (χ1) is 16.9.